The maximum absolute atomic E-state index is 2.21. The van der Waals surface area contributed by atoms with Gasteiger partial charge in [-0.3, -0.25) is 0 Å². The highest BCUT2D eigenvalue weighted by Gasteiger charge is 2.08. The van der Waals surface area contributed by atoms with Crippen molar-refractivity contribution in [2.75, 3.05) is 0 Å². The van der Waals surface area contributed by atoms with Gasteiger partial charge in [0.2, 0.25) is 0 Å². The van der Waals surface area contributed by atoms with Crippen LogP contribution < -0.4 is 0 Å². The monoisotopic (exact) mass is 165 g/mol. The minimum absolute atomic E-state index is 1.15. The van der Waals surface area contributed by atoms with Gasteiger partial charge < -0.3 is 0 Å². The van der Waals surface area contributed by atoms with Gasteiger partial charge in [-0.05, 0) is 34.1 Å². The van der Waals surface area contributed by atoms with Gasteiger partial charge in [0.25, 0.3) is 0 Å². The molecular formula is C12H21. The van der Waals surface area contributed by atoms with Crippen molar-refractivity contribution in [2.45, 2.75) is 48.0 Å². The molecular weight excluding hydrogens is 144 g/mol. The summed E-state index contributed by atoms with van der Waals surface area (Å²) in [6.45, 7) is 13.1. The van der Waals surface area contributed by atoms with Gasteiger partial charge in [-0.1, -0.05) is 36.6 Å². The molecule has 1 radical (unpaired) electrons. The third-order valence-electron chi connectivity index (χ3n) is 2.76. The Morgan fingerprint density at radius 3 is 1.92 bits per heavy atom. The lowest BCUT2D eigenvalue weighted by Gasteiger charge is -2.14. The van der Waals surface area contributed by atoms with Crippen molar-refractivity contribution in [3.8, 4) is 0 Å². The maximum atomic E-state index is 2.21. The first kappa shape index (κ1) is 11.5. The molecule has 0 fully saturated rings. The standard InChI is InChI=1S/C12H21/c1-7-9(3)11(5)12(6)10(4)8-2/h7H,8H2,1-6H3. The van der Waals surface area contributed by atoms with Crippen molar-refractivity contribution >= 4 is 0 Å². The molecule has 0 N–H and O–H groups in total. The molecule has 0 aromatic heterocycles. The highest BCUT2D eigenvalue weighted by atomic mass is 14.1. The van der Waals surface area contributed by atoms with Crippen molar-refractivity contribution in [2.24, 2.45) is 0 Å². The molecule has 0 rings (SSSR count). The summed E-state index contributed by atoms with van der Waals surface area (Å²) in [7, 11) is 0. The summed E-state index contributed by atoms with van der Waals surface area (Å²) in [4.78, 5) is 0. The fourth-order valence-corrected chi connectivity index (χ4v) is 1.10. The van der Waals surface area contributed by atoms with Gasteiger partial charge in [-0.2, -0.15) is 0 Å². The van der Waals surface area contributed by atoms with Gasteiger partial charge in [0, 0.05) is 5.92 Å². The molecule has 0 aliphatic heterocycles. The van der Waals surface area contributed by atoms with Crippen LogP contribution in [0.25, 0.3) is 0 Å². The van der Waals surface area contributed by atoms with Gasteiger partial charge in [0.15, 0.2) is 0 Å². The minimum atomic E-state index is 1.15. The number of hydrogen-bond acceptors (Lipinski definition) is 0. The second kappa shape index (κ2) is 5.18. The topological polar surface area (TPSA) is 0 Å². The molecule has 0 nitrogen and oxygen atoms in total. The molecule has 69 valence electrons. The van der Waals surface area contributed by atoms with Crippen LogP contribution in [0, 0.1) is 5.92 Å². The summed E-state index contributed by atoms with van der Waals surface area (Å²) in [5.74, 6) is 1.43. The summed E-state index contributed by atoms with van der Waals surface area (Å²) in [6, 6.07) is 0. The van der Waals surface area contributed by atoms with Gasteiger partial charge >= 0.3 is 0 Å². The average Bonchev–Trinajstić information content (AvgIpc) is 2.12. The Morgan fingerprint density at radius 2 is 1.58 bits per heavy atom. The van der Waals surface area contributed by atoms with Crippen molar-refractivity contribution in [1.29, 1.82) is 0 Å². The van der Waals surface area contributed by atoms with Crippen LogP contribution in [-0.4, -0.2) is 0 Å². The lowest BCUT2D eigenvalue weighted by atomic mass is 9.91. The van der Waals surface area contributed by atoms with Crippen molar-refractivity contribution < 1.29 is 0 Å². The van der Waals surface area contributed by atoms with Gasteiger partial charge in [0.05, 0.1) is 0 Å². The zero-order valence-electron chi connectivity index (χ0n) is 9.28. The fraction of sp³-hybridized carbons (Fsp3) is 0.583. The number of rotatable bonds is 3. The SMILES string of the molecule is CC=C(C)[C](C)C(C)=C(C)CC. The highest BCUT2D eigenvalue weighted by Crippen LogP contribution is 2.25. The van der Waals surface area contributed by atoms with Crippen molar-refractivity contribution in [3.63, 3.8) is 0 Å². The highest BCUT2D eigenvalue weighted by molar-refractivity contribution is 5.38. The van der Waals surface area contributed by atoms with E-state index < -0.39 is 0 Å². The maximum Gasteiger partial charge on any atom is 0.0217 e. The fourth-order valence-electron chi connectivity index (χ4n) is 1.10. The van der Waals surface area contributed by atoms with Crippen LogP contribution in [0.5, 0.6) is 0 Å². The molecule has 0 aromatic rings. The lowest BCUT2D eigenvalue weighted by Crippen LogP contribution is -1.97. The third-order valence-corrected chi connectivity index (χ3v) is 2.76. The molecule has 0 aliphatic rings. The molecule has 0 heterocycles. The molecule has 0 saturated carbocycles. The smallest absolute Gasteiger partial charge is 0.0217 e. The van der Waals surface area contributed by atoms with E-state index in [0.29, 0.717) is 0 Å². The van der Waals surface area contributed by atoms with E-state index in [-0.39, 0.29) is 0 Å². The molecule has 0 atom stereocenters. The number of allylic oxidation sites excluding steroid dienone is 4. The zero-order valence-corrected chi connectivity index (χ0v) is 9.28. The van der Waals surface area contributed by atoms with Gasteiger partial charge in [-0.25, -0.2) is 0 Å². The second-order valence-corrected chi connectivity index (χ2v) is 3.36. The summed E-state index contributed by atoms with van der Waals surface area (Å²) < 4.78 is 0. The Hall–Kier alpha value is -0.520. The quantitative estimate of drug-likeness (QED) is 0.585. The Balaban J connectivity index is 4.59. The first-order valence-electron chi connectivity index (χ1n) is 4.68. The Bertz CT molecular complexity index is 194. The Kier molecular flexibility index (Phi) is 4.96. The molecule has 0 aromatic carbocycles. The second-order valence-electron chi connectivity index (χ2n) is 3.36. The summed E-state index contributed by atoms with van der Waals surface area (Å²) >= 11 is 0. The number of hydrogen-bond donors (Lipinski definition) is 0. The van der Waals surface area contributed by atoms with E-state index in [1.807, 2.05) is 0 Å². The molecule has 0 amide bonds. The van der Waals surface area contributed by atoms with Crippen LogP contribution in [0.2, 0.25) is 0 Å². The van der Waals surface area contributed by atoms with E-state index in [1.165, 1.54) is 22.6 Å². The van der Waals surface area contributed by atoms with Crippen molar-refractivity contribution in [3.05, 3.63) is 28.7 Å². The van der Waals surface area contributed by atoms with E-state index in [9.17, 15) is 0 Å². The van der Waals surface area contributed by atoms with Gasteiger partial charge in [-0.15, -0.1) is 0 Å². The summed E-state index contributed by atoms with van der Waals surface area (Å²) in [5, 5.41) is 0. The van der Waals surface area contributed by atoms with E-state index in [1.54, 1.807) is 0 Å². The lowest BCUT2D eigenvalue weighted by molar-refractivity contribution is 1.00. The van der Waals surface area contributed by atoms with E-state index in [2.05, 4.69) is 47.6 Å². The normalized spacial score (nSPS) is 15.1. The summed E-state index contributed by atoms with van der Waals surface area (Å²) in [5.41, 5.74) is 4.34. The largest absolute Gasteiger partial charge is 0.0878 e. The molecule has 0 aliphatic carbocycles. The van der Waals surface area contributed by atoms with Crippen LogP contribution in [0.1, 0.15) is 48.0 Å². The third kappa shape index (κ3) is 2.84. The van der Waals surface area contributed by atoms with E-state index in [0.717, 1.165) is 6.42 Å². The van der Waals surface area contributed by atoms with E-state index >= 15 is 0 Å². The van der Waals surface area contributed by atoms with Crippen LogP contribution in [0.3, 0.4) is 0 Å². The molecule has 12 heavy (non-hydrogen) atoms. The Labute approximate surface area is 77.4 Å². The van der Waals surface area contributed by atoms with Gasteiger partial charge in [0.1, 0.15) is 0 Å². The van der Waals surface area contributed by atoms with Crippen molar-refractivity contribution in [1.82, 2.24) is 0 Å². The van der Waals surface area contributed by atoms with Crippen LogP contribution >= 0.6 is 0 Å². The van der Waals surface area contributed by atoms with Crippen LogP contribution in [0.4, 0.5) is 0 Å². The molecule has 0 spiro atoms. The first-order chi connectivity index (χ1) is 5.54. The average molecular weight is 165 g/mol. The predicted molar refractivity (Wildman–Crippen MR) is 57.0 cm³/mol. The minimum Gasteiger partial charge on any atom is -0.0878 e. The first-order valence-corrected chi connectivity index (χ1v) is 4.68. The van der Waals surface area contributed by atoms with E-state index in [4.69, 9.17) is 0 Å². The van der Waals surface area contributed by atoms with Crippen LogP contribution in [-0.2, 0) is 0 Å². The molecule has 0 bridgehead atoms. The molecule has 0 unspecified atom stereocenters. The summed E-state index contributed by atoms with van der Waals surface area (Å²) in [6.07, 6.45) is 3.32. The van der Waals surface area contributed by atoms with Crippen LogP contribution in [0.15, 0.2) is 22.8 Å². The molecule has 0 heteroatoms. The molecule has 0 saturated heterocycles. The Morgan fingerprint density at radius 1 is 1.08 bits per heavy atom. The zero-order chi connectivity index (χ0) is 9.72. The predicted octanol–water partition coefficient (Wildman–Crippen LogP) is 4.29.